The largest absolute Gasteiger partial charge is 0.293 e. The minimum absolute atomic E-state index is 0.181. The van der Waals surface area contributed by atoms with Gasteiger partial charge in [0.2, 0.25) is 0 Å². The SMILES string of the molecule is O=c1c(Br)c(Cl)ncn1Cc1cncs1. The van der Waals surface area contributed by atoms with Crippen molar-refractivity contribution in [2.45, 2.75) is 6.54 Å². The van der Waals surface area contributed by atoms with Crippen LogP contribution < -0.4 is 5.56 Å². The normalized spacial score (nSPS) is 10.5. The predicted molar refractivity (Wildman–Crippen MR) is 62.4 cm³/mol. The fourth-order valence-corrected chi connectivity index (χ4v) is 2.09. The van der Waals surface area contributed by atoms with Crippen molar-refractivity contribution in [3.05, 3.63) is 42.9 Å². The van der Waals surface area contributed by atoms with E-state index in [2.05, 4.69) is 25.9 Å². The number of rotatable bonds is 2. The molecule has 0 aliphatic heterocycles. The van der Waals surface area contributed by atoms with Gasteiger partial charge in [0.15, 0.2) is 5.15 Å². The topological polar surface area (TPSA) is 47.8 Å². The molecule has 2 heterocycles. The zero-order chi connectivity index (χ0) is 10.8. The maximum absolute atomic E-state index is 11.7. The van der Waals surface area contributed by atoms with Crippen LogP contribution in [0, 0.1) is 0 Å². The first kappa shape index (κ1) is 10.8. The molecule has 0 N–H and O–H groups in total. The van der Waals surface area contributed by atoms with Gasteiger partial charge in [-0.3, -0.25) is 14.3 Å². The smallest absolute Gasteiger partial charge is 0.269 e. The lowest BCUT2D eigenvalue weighted by Crippen LogP contribution is -2.21. The Kier molecular flexibility index (Phi) is 3.18. The molecule has 0 spiro atoms. The van der Waals surface area contributed by atoms with Crippen LogP contribution in [0.15, 0.2) is 27.3 Å². The van der Waals surface area contributed by atoms with E-state index in [1.165, 1.54) is 22.2 Å². The molecule has 0 aliphatic carbocycles. The molecule has 2 aromatic rings. The van der Waals surface area contributed by atoms with Crippen LogP contribution in [0.1, 0.15) is 4.88 Å². The van der Waals surface area contributed by atoms with Gasteiger partial charge in [-0.15, -0.1) is 11.3 Å². The van der Waals surface area contributed by atoms with E-state index in [-0.39, 0.29) is 15.2 Å². The van der Waals surface area contributed by atoms with E-state index in [1.54, 1.807) is 11.7 Å². The second kappa shape index (κ2) is 4.42. The summed E-state index contributed by atoms with van der Waals surface area (Å²) in [6.45, 7) is 0.465. The summed E-state index contributed by atoms with van der Waals surface area (Å²) in [4.78, 5) is 20.5. The van der Waals surface area contributed by atoms with Gasteiger partial charge in [-0.2, -0.15) is 0 Å². The first-order valence-corrected chi connectivity index (χ1v) is 6.01. The molecular weight excluding hydrogens is 302 g/mol. The van der Waals surface area contributed by atoms with Gasteiger partial charge in [-0.1, -0.05) is 11.6 Å². The molecule has 2 rings (SSSR count). The molecule has 0 bridgehead atoms. The molecule has 0 unspecified atom stereocenters. The second-order valence-corrected chi connectivity index (χ2v) is 4.87. The Morgan fingerprint density at radius 2 is 2.40 bits per heavy atom. The first-order valence-electron chi connectivity index (χ1n) is 3.96. The molecule has 7 heteroatoms. The van der Waals surface area contributed by atoms with E-state index in [1.807, 2.05) is 0 Å². The number of hydrogen-bond donors (Lipinski definition) is 0. The highest BCUT2D eigenvalue weighted by molar-refractivity contribution is 9.10. The highest BCUT2D eigenvalue weighted by Gasteiger charge is 2.07. The van der Waals surface area contributed by atoms with Crippen molar-refractivity contribution in [1.82, 2.24) is 14.5 Å². The van der Waals surface area contributed by atoms with Crippen LogP contribution in [-0.2, 0) is 6.54 Å². The lowest BCUT2D eigenvalue weighted by atomic mass is 10.5. The van der Waals surface area contributed by atoms with Crippen LogP contribution >= 0.6 is 38.9 Å². The van der Waals surface area contributed by atoms with Crippen molar-refractivity contribution in [2.75, 3.05) is 0 Å². The van der Waals surface area contributed by atoms with Gasteiger partial charge in [-0.25, -0.2) is 4.98 Å². The summed E-state index contributed by atoms with van der Waals surface area (Å²) in [5.74, 6) is 0. The van der Waals surface area contributed by atoms with Gasteiger partial charge in [0.25, 0.3) is 5.56 Å². The zero-order valence-corrected chi connectivity index (χ0v) is 10.5. The summed E-state index contributed by atoms with van der Waals surface area (Å²) < 4.78 is 1.76. The van der Waals surface area contributed by atoms with E-state index in [0.29, 0.717) is 6.54 Å². The summed E-state index contributed by atoms with van der Waals surface area (Å²) in [6, 6.07) is 0. The summed E-state index contributed by atoms with van der Waals surface area (Å²) in [5, 5.41) is 0.181. The molecule has 2 aromatic heterocycles. The van der Waals surface area contributed by atoms with Crippen LogP contribution in [0.4, 0.5) is 0 Å². The minimum atomic E-state index is -0.191. The third-order valence-electron chi connectivity index (χ3n) is 1.75. The summed E-state index contributed by atoms with van der Waals surface area (Å²) in [5.41, 5.74) is 1.53. The molecule has 0 saturated heterocycles. The highest BCUT2D eigenvalue weighted by atomic mass is 79.9. The van der Waals surface area contributed by atoms with Crippen LogP contribution in [0.25, 0.3) is 0 Å². The molecule has 0 aliphatic rings. The molecule has 15 heavy (non-hydrogen) atoms. The Morgan fingerprint density at radius 1 is 1.60 bits per heavy atom. The zero-order valence-electron chi connectivity index (χ0n) is 7.35. The van der Waals surface area contributed by atoms with Crippen molar-refractivity contribution in [3.8, 4) is 0 Å². The lowest BCUT2D eigenvalue weighted by molar-refractivity contribution is 0.739. The Morgan fingerprint density at radius 3 is 3.07 bits per heavy atom. The van der Waals surface area contributed by atoms with Crippen LogP contribution in [-0.4, -0.2) is 14.5 Å². The number of thiazole rings is 1. The molecule has 0 amide bonds. The van der Waals surface area contributed by atoms with Crippen LogP contribution in [0.3, 0.4) is 0 Å². The molecule has 0 saturated carbocycles. The monoisotopic (exact) mass is 305 g/mol. The van der Waals surface area contributed by atoms with Gasteiger partial charge < -0.3 is 0 Å². The van der Waals surface area contributed by atoms with Gasteiger partial charge in [-0.05, 0) is 15.9 Å². The molecule has 0 radical (unpaired) electrons. The molecule has 4 nitrogen and oxygen atoms in total. The van der Waals surface area contributed by atoms with E-state index >= 15 is 0 Å². The van der Waals surface area contributed by atoms with E-state index in [0.717, 1.165) is 4.88 Å². The standard InChI is InChI=1S/C8H5BrClN3OS/c9-6-7(10)12-3-13(8(6)14)2-5-1-11-4-15-5/h1,3-4H,2H2. The maximum Gasteiger partial charge on any atom is 0.269 e. The van der Waals surface area contributed by atoms with E-state index in [4.69, 9.17) is 11.6 Å². The Balaban J connectivity index is 2.38. The molecule has 0 fully saturated rings. The molecule has 78 valence electrons. The average Bonchev–Trinajstić information content (AvgIpc) is 2.72. The average molecular weight is 307 g/mol. The predicted octanol–water partition coefficient (Wildman–Crippen LogP) is 2.16. The van der Waals surface area contributed by atoms with Gasteiger partial charge >= 0.3 is 0 Å². The quantitative estimate of drug-likeness (QED) is 0.799. The summed E-state index contributed by atoms with van der Waals surface area (Å²) >= 11 is 10.3. The fourth-order valence-electron chi connectivity index (χ4n) is 1.04. The highest BCUT2D eigenvalue weighted by Crippen LogP contribution is 2.14. The second-order valence-electron chi connectivity index (χ2n) is 2.75. The van der Waals surface area contributed by atoms with E-state index in [9.17, 15) is 4.79 Å². The minimum Gasteiger partial charge on any atom is -0.293 e. The van der Waals surface area contributed by atoms with Crippen molar-refractivity contribution < 1.29 is 0 Å². The van der Waals surface area contributed by atoms with Crippen LogP contribution in [0.5, 0.6) is 0 Å². The third kappa shape index (κ3) is 2.27. The lowest BCUT2D eigenvalue weighted by Gasteiger charge is -2.03. The van der Waals surface area contributed by atoms with E-state index < -0.39 is 0 Å². The molecular formula is C8H5BrClN3OS. The number of aromatic nitrogens is 3. The molecule has 0 aromatic carbocycles. The van der Waals surface area contributed by atoms with Crippen molar-refractivity contribution in [2.24, 2.45) is 0 Å². The first-order chi connectivity index (χ1) is 7.18. The number of halogens is 2. The summed E-state index contributed by atoms with van der Waals surface area (Å²) in [6.07, 6.45) is 3.15. The van der Waals surface area contributed by atoms with Crippen molar-refractivity contribution >= 4 is 38.9 Å². The third-order valence-corrected chi connectivity index (χ3v) is 3.74. The fraction of sp³-hybridized carbons (Fsp3) is 0.125. The van der Waals surface area contributed by atoms with Crippen molar-refractivity contribution in [3.63, 3.8) is 0 Å². The van der Waals surface area contributed by atoms with Gasteiger partial charge in [0.05, 0.1) is 18.4 Å². The van der Waals surface area contributed by atoms with Gasteiger partial charge in [0, 0.05) is 11.1 Å². The number of nitrogens with zero attached hydrogens (tertiary/aromatic N) is 3. The van der Waals surface area contributed by atoms with Crippen molar-refractivity contribution in [1.29, 1.82) is 0 Å². The Bertz CT molecular complexity index is 525. The van der Waals surface area contributed by atoms with Gasteiger partial charge in [0.1, 0.15) is 4.47 Å². The number of hydrogen-bond acceptors (Lipinski definition) is 4. The maximum atomic E-state index is 11.7. The Labute approximate surface area is 103 Å². The summed E-state index contributed by atoms with van der Waals surface area (Å²) in [7, 11) is 0. The molecule has 0 atom stereocenters. The van der Waals surface area contributed by atoms with Crippen LogP contribution in [0.2, 0.25) is 5.15 Å². The Hall–Kier alpha value is -0.720.